The number of rotatable bonds is 1. The molecule has 2 aliphatic heterocycles. The Morgan fingerprint density at radius 1 is 1.33 bits per heavy atom. The summed E-state index contributed by atoms with van der Waals surface area (Å²) in [5.41, 5.74) is 1.17. The van der Waals surface area contributed by atoms with Crippen LogP contribution in [0.15, 0.2) is 18.3 Å². The number of carbonyl (C=O) groups is 1. The highest BCUT2D eigenvalue weighted by molar-refractivity contribution is 5.88. The Hall–Kier alpha value is -1.58. The number of piperidine rings is 1. The van der Waals surface area contributed by atoms with E-state index in [1.54, 1.807) is 0 Å². The summed E-state index contributed by atoms with van der Waals surface area (Å²) in [7, 11) is 1.89. The summed E-state index contributed by atoms with van der Waals surface area (Å²) in [6, 6.07) is 4.06. The fourth-order valence-corrected chi connectivity index (χ4v) is 3.23. The Bertz CT molecular complexity index is 478. The van der Waals surface area contributed by atoms with E-state index in [9.17, 15) is 4.79 Å². The standard InChI is InChI=1S/C14H19N3O/c1-11-4-3-7-15-12(11)17-8-5-14(6-9-17)10-16(2)13(14)18/h3-4,7H,5-6,8-10H2,1-2H3. The average Bonchev–Trinajstić information content (AvgIpc) is 2.40. The molecule has 0 radical (unpaired) electrons. The van der Waals surface area contributed by atoms with Gasteiger partial charge in [0, 0.05) is 32.9 Å². The molecule has 2 aliphatic rings. The summed E-state index contributed by atoms with van der Waals surface area (Å²) in [6.45, 7) is 4.91. The molecule has 3 rings (SSSR count). The van der Waals surface area contributed by atoms with Gasteiger partial charge in [0.05, 0.1) is 5.41 Å². The van der Waals surface area contributed by atoms with E-state index in [0.717, 1.165) is 38.3 Å². The van der Waals surface area contributed by atoms with Crippen molar-refractivity contribution in [1.82, 2.24) is 9.88 Å². The highest BCUT2D eigenvalue weighted by Gasteiger charge is 2.51. The van der Waals surface area contributed by atoms with Crippen molar-refractivity contribution in [2.24, 2.45) is 5.41 Å². The summed E-state index contributed by atoms with van der Waals surface area (Å²) in [6.07, 6.45) is 3.77. The molecular weight excluding hydrogens is 226 g/mol. The van der Waals surface area contributed by atoms with Crippen LogP contribution in [-0.2, 0) is 4.79 Å². The molecule has 0 aliphatic carbocycles. The molecule has 18 heavy (non-hydrogen) atoms. The Labute approximate surface area is 108 Å². The van der Waals surface area contributed by atoms with Gasteiger partial charge in [-0.1, -0.05) is 6.07 Å². The molecule has 0 aromatic carbocycles. The average molecular weight is 245 g/mol. The summed E-state index contributed by atoms with van der Waals surface area (Å²) in [5.74, 6) is 1.41. The zero-order valence-corrected chi connectivity index (χ0v) is 11.0. The Balaban J connectivity index is 1.71. The van der Waals surface area contributed by atoms with E-state index in [-0.39, 0.29) is 5.41 Å². The normalized spacial score (nSPS) is 22.2. The number of hydrogen-bond acceptors (Lipinski definition) is 3. The van der Waals surface area contributed by atoms with Crippen LogP contribution in [0, 0.1) is 12.3 Å². The van der Waals surface area contributed by atoms with Gasteiger partial charge in [-0.2, -0.15) is 0 Å². The van der Waals surface area contributed by atoms with E-state index in [1.807, 2.05) is 24.2 Å². The second-order valence-electron chi connectivity index (χ2n) is 5.57. The van der Waals surface area contributed by atoms with Crippen molar-refractivity contribution in [3.8, 4) is 0 Å². The molecule has 96 valence electrons. The number of likely N-dealkylation sites (tertiary alicyclic amines) is 1. The first-order valence-electron chi connectivity index (χ1n) is 6.55. The van der Waals surface area contributed by atoms with Crippen LogP contribution >= 0.6 is 0 Å². The molecule has 2 fully saturated rings. The fraction of sp³-hybridized carbons (Fsp3) is 0.571. The number of amides is 1. The molecule has 4 heteroatoms. The minimum absolute atomic E-state index is 0.0477. The molecule has 2 saturated heterocycles. The maximum Gasteiger partial charge on any atom is 0.230 e. The van der Waals surface area contributed by atoms with Crippen LogP contribution in [0.25, 0.3) is 0 Å². The molecule has 0 N–H and O–H groups in total. The van der Waals surface area contributed by atoms with Gasteiger partial charge in [0.2, 0.25) is 5.91 Å². The number of pyridine rings is 1. The van der Waals surface area contributed by atoms with Crippen LogP contribution in [0.4, 0.5) is 5.82 Å². The van der Waals surface area contributed by atoms with E-state index < -0.39 is 0 Å². The zero-order valence-electron chi connectivity index (χ0n) is 11.0. The molecule has 0 bridgehead atoms. The first kappa shape index (κ1) is 11.5. The molecular formula is C14H19N3O. The van der Waals surface area contributed by atoms with Crippen LogP contribution in [-0.4, -0.2) is 42.5 Å². The van der Waals surface area contributed by atoms with Crippen molar-refractivity contribution in [1.29, 1.82) is 0 Å². The number of nitrogens with zero attached hydrogens (tertiary/aromatic N) is 3. The topological polar surface area (TPSA) is 36.4 Å². The van der Waals surface area contributed by atoms with Crippen molar-refractivity contribution >= 4 is 11.7 Å². The zero-order chi connectivity index (χ0) is 12.8. The van der Waals surface area contributed by atoms with Gasteiger partial charge in [0.1, 0.15) is 5.82 Å². The van der Waals surface area contributed by atoms with E-state index >= 15 is 0 Å². The summed E-state index contributed by atoms with van der Waals surface area (Å²) in [4.78, 5) is 20.5. The molecule has 1 aromatic heterocycles. The predicted molar refractivity (Wildman–Crippen MR) is 70.5 cm³/mol. The van der Waals surface area contributed by atoms with Gasteiger partial charge in [-0.05, 0) is 31.4 Å². The first-order chi connectivity index (χ1) is 8.62. The predicted octanol–water partition coefficient (Wildman–Crippen LogP) is 1.45. The number of anilines is 1. The fourth-order valence-electron chi connectivity index (χ4n) is 3.23. The maximum atomic E-state index is 11.9. The van der Waals surface area contributed by atoms with E-state index in [0.29, 0.717) is 5.91 Å². The Morgan fingerprint density at radius 2 is 2.06 bits per heavy atom. The Kier molecular flexibility index (Phi) is 2.54. The van der Waals surface area contributed by atoms with Gasteiger partial charge in [-0.3, -0.25) is 4.79 Å². The minimum Gasteiger partial charge on any atom is -0.356 e. The molecule has 1 amide bonds. The van der Waals surface area contributed by atoms with E-state index in [1.165, 1.54) is 5.56 Å². The third kappa shape index (κ3) is 1.59. The van der Waals surface area contributed by atoms with Gasteiger partial charge in [-0.15, -0.1) is 0 Å². The van der Waals surface area contributed by atoms with Crippen molar-refractivity contribution in [2.75, 3.05) is 31.6 Å². The third-order valence-corrected chi connectivity index (χ3v) is 4.34. The van der Waals surface area contributed by atoms with E-state index in [2.05, 4.69) is 22.9 Å². The van der Waals surface area contributed by atoms with Crippen LogP contribution < -0.4 is 4.90 Å². The first-order valence-corrected chi connectivity index (χ1v) is 6.55. The van der Waals surface area contributed by atoms with Crippen LogP contribution in [0.5, 0.6) is 0 Å². The number of hydrogen-bond donors (Lipinski definition) is 0. The van der Waals surface area contributed by atoms with Gasteiger partial charge in [-0.25, -0.2) is 4.98 Å². The van der Waals surface area contributed by atoms with Crippen LogP contribution in [0.2, 0.25) is 0 Å². The van der Waals surface area contributed by atoms with E-state index in [4.69, 9.17) is 0 Å². The largest absolute Gasteiger partial charge is 0.356 e. The van der Waals surface area contributed by atoms with Crippen LogP contribution in [0.1, 0.15) is 18.4 Å². The van der Waals surface area contributed by atoms with Gasteiger partial charge in [0.15, 0.2) is 0 Å². The van der Waals surface area contributed by atoms with Crippen molar-refractivity contribution < 1.29 is 4.79 Å². The number of aromatic nitrogens is 1. The Morgan fingerprint density at radius 3 is 2.61 bits per heavy atom. The highest BCUT2D eigenvalue weighted by atomic mass is 16.2. The molecule has 4 nitrogen and oxygen atoms in total. The molecule has 0 atom stereocenters. The molecule has 1 spiro atoms. The van der Waals surface area contributed by atoms with Gasteiger partial charge >= 0.3 is 0 Å². The smallest absolute Gasteiger partial charge is 0.230 e. The second-order valence-corrected chi connectivity index (χ2v) is 5.57. The number of carbonyl (C=O) groups excluding carboxylic acids is 1. The summed E-state index contributed by atoms with van der Waals surface area (Å²) >= 11 is 0. The van der Waals surface area contributed by atoms with Gasteiger partial charge in [0.25, 0.3) is 0 Å². The minimum atomic E-state index is -0.0477. The molecule has 0 unspecified atom stereocenters. The lowest BCUT2D eigenvalue weighted by molar-refractivity contribution is -0.159. The quantitative estimate of drug-likeness (QED) is 0.703. The number of aryl methyl sites for hydroxylation is 1. The third-order valence-electron chi connectivity index (χ3n) is 4.34. The van der Waals surface area contributed by atoms with Crippen molar-refractivity contribution in [3.63, 3.8) is 0 Å². The van der Waals surface area contributed by atoms with Crippen LogP contribution in [0.3, 0.4) is 0 Å². The lowest BCUT2D eigenvalue weighted by atomic mass is 9.71. The molecule has 1 aromatic rings. The highest BCUT2D eigenvalue weighted by Crippen LogP contribution is 2.41. The van der Waals surface area contributed by atoms with Gasteiger partial charge < -0.3 is 9.80 Å². The monoisotopic (exact) mass is 245 g/mol. The lowest BCUT2D eigenvalue weighted by Gasteiger charge is -2.51. The SMILES string of the molecule is Cc1cccnc1N1CCC2(CC1)CN(C)C2=O. The lowest BCUT2D eigenvalue weighted by Crippen LogP contribution is -2.63. The molecule has 0 saturated carbocycles. The molecule has 3 heterocycles. The maximum absolute atomic E-state index is 11.9. The summed E-state index contributed by atoms with van der Waals surface area (Å²) < 4.78 is 0. The second kappa shape index (κ2) is 3.97. The van der Waals surface area contributed by atoms with Crippen molar-refractivity contribution in [2.45, 2.75) is 19.8 Å². The summed E-state index contributed by atoms with van der Waals surface area (Å²) in [5, 5.41) is 0. The van der Waals surface area contributed by atoms with Crippen molar-refractivity contribution in [3.05, 3.63) is 23.9 Å². The number of β-lactam (4-membered cyclic amide) rings is 1.